The summed E-state index contributed by atoms with van der Waals surface area (Å²) in [6.45, 7) is 10.3. The molecule has 0 aliphatic carbocycles. The van der Waals surface area contributed by atoms with E-state index in [0.717, 1.165) is 13.1 Å². The highest BCUT2D eigenvalue weighted by atomic mass is 32.2. The Bertz CT molecular complexity index is 1370. The van der Waals surface area contributed by atoms with Gasteiger partial charge in [-0.05, 0) is 39.0 Å². The van der Waals surface area contributed by atoms with Gasteiger partial charge in [0.1, 0.15) is 22.4 Å². The molecule has 13 nitrogen and oxygen atoms in total. The fraction of sp³-hybridized carbons (Fsp3) is 0.621. The predicted molar refractivity (Wildman–Crippen MR) is 158 cm³/mol. The Hall–Kier alpha value is -3.04. The van der Waals surface area contributed by atoms with Crippen molar-refractivity contribution in [2.75, 3.05) is 64.9 Å². The molecular formula is C29H43N5O8S. The molecule has 238 valence electrons. The summed E-state index contributed by atoms with van der Waals surface area (Å²) in [5.74, 6) is -0.0172. The molecule has 0 spiro atoms. The topological polar surface area (TPSA) is 155 Å². The normalized spacial score (nSPS) is 21.0. The van der Waals surface area contributed by atoms with E-state index >= 15 is 0 Å². The second kappa shape index (κ2) is 14.2. The van der Waals surface area contributed by atoms with E-state index in [4.69, 9.17) is 14.0 Å². The largest absolute Gasteiger partial charge is 0.488 e. The lowest BCUT2D eigenvalue weighted by atomic mass is 10.0. The molecule has 1 aromatic carbocycles. The molecule has 4 rings (SSSR count). The van der Waals surface area contributed by atoms with Crippen molar-refractivity contribution in [1.82, 2.24) is 19.3 Å². The van der Waals surface area contributed by atoms with Gasteiger partial charge in [0.05, 0.1) is 38.8 Å². The summed E-state index contributed by atoms with van der Waals surface area (Å²) < 4.78 is 45.1. The third kappa shape index (κ3) is 7.92. The maximum atomic E-state index is 13.5. The summed E-state index contributed by atoms with van der Waals surface area (Å²) in [5.41, 5.74) is 1.36. The number of sulfonamides is 1. The van der Waals surface area contributed by atoms with Crippen LogP contribution in [0.5, 0.6) is 5.75 Å². The third-order valence-corrected chi connectivity index (χ3v) is 10.1. The number of benzene rings is 1. The minimum absolute atomic E-state index is 0.0101. The number of carbonyl (C=O) groups excluding carboxylic acids is 2. The fourth-order valence-electron chi connectivity index (χ4n) is 5.38. The Morgan fingerprint density at radius 1 is 1.26 bits per heavy atom. The highest BCUT2D eigenvalue weighted by Crippen LogP contribution is 2.30. The van der Waals surface area contributed by atoms with Gasteiger partial charge in [-0.2, -0.15) is 4.31 Å². The number of fused-ring (bicyclic) bond motifs is 1. The van der Waals surface area contributed by atoms with Crippen LogP contribution in [0.25, 0.3) is 0 Å². The number of hydrogen-bond acceptors (Lipinski definition) is 10. The second-order valence-corrected chi connectivity index (χ2v) is 13.4. The Morgan fingerprint density at radius 2 is 1.98 bits per heavy atom. The van der Waals surface area contributed by atoms with E-state index in [-0.39, 0.29) is 60.2 Å². The molecule has 2 aliphatic heterocycles. The molecule has 0 unspecified atom stereocenters. The van der Waals surface area contributed by atoms with Crippen LogP contribution >= 0.6 is 0 Å². The van der Waals surface area contributed by atoms with E-state index < -0.39 is 22.2 Å². The molecule has 2 aliphatic rings. The van der Waals surface area contributed by atoms with Gasteiger partial charge in [-0.3, -0.25) is 14.5 Å². The summed E-state index contributed by atoms with van der Waals surface area (Å²) in [5, 5.41) is 16.6. The quantitative estimate of drug-likeness (QED) is 0.398. The van der Waals surface area contributed by atoms with Crippen LogP contribution in [-0.4, -0.2) is 116 Å². The number of amides is 2. The first-order valence-corrected chi connectivity index (χ1v) is 16.0. The molecule has 3 atom stereocenters. The fourth-order valence-corrected chi connectivity index (χ4v) is 6.85. The molecule has 14 heteroatoms. The summed E-state index contributed by atoms with van der Waals surface area (Å²) in [4.78, 5) is 30.0. The monoisotopic (exact) mass is 621 g/mol. The molecule has 1 saturated heterocycles. The second-order valence-electron chi connectivity index (χ2n) is 11.4. The number of nitrogens with zero attached hydrogens (tertiary/aromatic N) is 4. The number of carbonyl (C=O) groups is 2. The minimum Gasteiger partial charge on any atom is -0.488 e. The van der Waals surface area contributed by atoms with Crippen LogP contribution in [-0.2, 0) is 30.8 Å². The number of anilines is 1. The number of likely N-dealkylation sites (N-methyl/N-ethyl adjacent to an activating group) is 1. The zero-order valence-corrected chi connectivity index (χ0v) is 26.4. The van der Waals surface area contributed by atoms with Gasteiger partial charge in [0, 0.05) is 56.8 Å². The lowest BCUT2D eigenvalue weighted by molar-refractivity contribution is -0.134. The zero-order chi connectivity index (χ0) is 31.3. The van der Waals surface area contributed by atoms with Gasteiger partial charge < -0.3 is 29.3 Å². The van der Waals surface area contributed by atoms with Gasteiger partial charge in [0.15, 0.2) is 5.76 Å². The van der Waals surface area contributed by atoms with Crippen LogP contribution in [0.2, 0.25) is 0 Å². The van der Waals surface area contributed by atoms with Gasteiger partial charge in [-0.15, -0.1) is 0 Å². The van der Waals surface area contributed by atoms with Crippen molar-refractivity contribution in [2.24, 2.45) is 5.92 Å². The highest BCUT2D eigenvalue weighted by molar-refractivity contribution is 7.89. The smallest absolute Gasteiger partial charge is 0.248 e. The summed E-state index contributed by atoms with van der Waals surface area (Å²) in [6.07, 6.45) is -0.337. The molecule has 2 amide bonds. The van der Waals surface area contributed by atoms with Crippen LogP contribution < -0.4 is 10.1 Å². The van der Waals surface area contributed by atoms with E-state index in [1.165, 1.54) is 11.4 Å². The molecule has 2 N–H and O–H groups in total. The lowest BCUT2D eigenvalue weighted by Crippen LogP contribution is -2.48. The van der Waals surface area contributed by atoms with Crippen LogP contribution in [0.3, 0.4) is 0 Å². The van der Waals surface area contributed by atoms with Crippen LogP contribution in [0.1, 0.15) is 37.3 Å². The van der Waals surface area contributed by atoms with Crippen molar-refractivity contribution in [3.63, 3.8) is 0 Å². The van der Waals surface area contributed by atoms with E-state index in [2.05, 4.69) is 15.4 Å². The van der Waals surface area contributed by atoms with E-state index in [1.807, 2.05) is 6.92 Å². The molecule has 0 radical (unpaired) electrons. The number of rotatable bonds is 10. The number of nitrogens with one attached hydrogen (secondary N) is 1. The van der Waals surface area contributed by atoms with Gasteiger partial charge in [0.25, 0.3) is 0 Å². The first-order chi connectivity index (χ1) is 20.4. The molecular weight excluding hydrogens is 578 g/mol. The number of aliphatic hydroxyl groups is 1. The van der Waals surface area contributed by atoms with Gasteiger partial charge in [-0.1, -0.05) is 12.1 Å². The van der Waals surface area contributed by atoms with Crippen molar-refractivity contribution in [2.45, 2.75) is 57.6 Å². The first kappa shape index (κ1) is 32.9. The van der Waals surface area contributed by atoms with Crippen molar-refractivity contribution < 1.29 is 37.1 Å². The highest BCUT2D eigenvalue weighted by Gasteiger charge is 2.35. The van der Waals surface area contributed by atoms with Crippen LogP contribution in [0.15, 0.2) is 27.6 Å². The molecule has 43 heavy (non-hydrogen) atoms. The van der Waals surface area contributed by atoms with Crippen molar-refractivity contribution >= 4 is 27.5 Å². The van der Waals surface area contributed by atoms with E-state index in [9.17, 15) is 23.1 Å². The standard InChI is InChI=1S/C29H43N5O8S/c1-19-16-34(20(2)18-35)28(37)15-23-14-24(30-27(36)8-9-33-10-12-40-13-11-33)6-7-25(23)41-26(19)17-32(5)43(38,39)29-21(3)31-42-22(29)4/h6-7,14,19-20,26,35H,8-13,15-18H2,1-5H3,(H,30,36)/t19-,20-,26-/m0/s1. The van der Waals surface area contributed by atoms with Crippen molar-refractivity contribution in [1.29, 1.82) is 0 Å². The predicted octanol–water partition coefficient (Wildman–Crippen LogP) is 1.42. The average molecular weight is 622 g/mol. The van der Waals surface area contributed by atoms with Gasteiger partial charge in [0.2, 0.25) is 21.8 Å². The Morgan fingerprint density at radius 3 is 2.63 bits per heavy atom. The third-order valence-electron chi connectivity index (χ3n) is 8.03. The molecule has 2 aromatic rings. The molecule has 1 fully saturated rings. The number of aryl methyl sites for hydroxylation is 2. The first-order valence-electron chi connectivity index (χ1n) is 14.6. The zero-order valence-electron chi connectivity index (χ0n) is 25.5. The van der Waals surface area contributed by atoms with Crippen molar-refractivity contribution in [3.8, 4) is 5.75 Å². The number of morpholine rings is 1. The van der Waals surface area contributed by atoms with Gasteiger partial charge in [-0.25, -0.2) is 8.42 Å². The van der Waals surface area contributed by atoms with E-state index in [0.29, 0.717) is 43.2 Å². The Balaban J connectivity index is 1.57. The maximum absolute atomic E-state index is 13.5. The molecule has 1 aromatic heterocycles. The number of aromatic nitrogens is 1. The summed E-state index contributed by atoms with van der Waals surface area (Å²) >= 11 is 0. The van der Waals surface area contributed by atoms with Gasteiger partial charge >= 0.3 is 0 Å². The maximum Gasteiger partial charge on any atom is 0.248 e. The molecule has 3 heterocycles. The minimum atomic E-state index is -3.95. The van der Waals surface area contributed by atoms with Crippen molar-refractivity contribution in [3.05, 3.63) is 35.2 Å². The summed E-state index contributed by atoms with van der Waals surface area (Å²) in [6, 6.07) is 4.69. The Labute approximate surface area is 253 Å². The number of hydrogen-bond donors (Lipinski definition) is 2. The Kier molecular flexibility index (Phi) is 10.8. The molecule has 0 saturated carbocycles. The SMILES string of the molecule is Cc1noc(C)c1S(=O)(=O)N(C)C[C@@H]1Oc2ccc(NC(=O)CCN3CCOCC3)cc2CC(=O)N([C@@H](C)CO)C[C@@H]1C. The number of aliphatic hydroxyl groups excluding tert-OH is 1. The average Bonchev–Trinajstić information content (AvgIpc) is 3.34. The van der Waals surface area contributed by atoms with Crippen LogP contribution in [0, 0.1) is 19.8 Å². The van der Waals surface area contributed by atoms with E-state index in [1.54, 1.807) is 43.9 Å². The summed E-state index contributed by atoms with van der Waals surface area (Å²) in [7, 11) is -2.48. The van der Waals surface area contributed by atoms with Crippen LogP contribution in [0.4, 0.5) is 5.69 Å². The lowest BCUT2D eigenvalue weighted by Gasteiger charge is -2.33. The molecule has 0 bridgehead atoms. The number of ether oxygens (including phenoxy) is 2.